The van der Waals surface area contributed by atoms with Crippen molar-refractivity contribution >= 4 is 55.7 Å². The predicted octanol–water partition coefficient (Wildman–Crippen LogP) is 2.23. The number of carbonyl (C=O) groups excluding carboxylic acids is 3. The SMILES string of the molecule is CN(C(=O)CBr)N(C(=O)CBr)C(=O)NCC(C)(C)COCC(C)(C)CC(=O)O. The molecule has 162 valence electrons. The molecular weight excluding hydrogens is 502 g/mol. The number of halogens is 2. The molecule has 0 aliphatic rings. The number of hydrazine groups is 1. The molecule has 0 aromatic heterocycles. The number of hydrogen-bond donors (Lipinski definition) is 2. The molecule has 0 atom stereocenters. The van der Waals surface area contributed by atoms with Crippen molar-refractivity contribution in [2.45, 2.75) is 34.1 Å². The van der Waals surface area contributed by atoms with Crippen LogP contribution in [0.2, 0.25) is 0 Å². The standard InChI is InChI=1S/C17H29Br2N3O6/c1-16(2,6-14(25)26)10-28-11-17(3,4)9-20-15(27)22(13(24)8-19)21(5)12(23)7-18/h6-11H2,1-5H3,(H,20,27)(H,25,26). The zero-order valence-electron chi connectivity index (χ0n) is 16.9. The van der Waals surface area contributed by atoms with Gasteiger partial charge in [-0.2, -0.15) is 5.01 Å². The van der Waals surface area contributed by atoms with E-state index in [1.807, 2.05) is 13.8 Å². The third-order valence-electron chi connectivity index (χ3n) is 3.65. The first-order chi connectivity index (χ1) is 12.8. The number of nitrogens with zero attached hydrogens (tertiary/aromatic N) is 2. The summed E-state index contributed by atoms with van der Waals surface area (Å²) in [4.78, 5) is 47.2. The Bertz CT molecular complexity index is 583. The number of alkyl halides is 2. The quantitative estimate of drug-likeness (QED) is 0.330. The molecule has 0 spiro atoms. The van der Waals surface area contributed by atoms with Crippen LogP contribution in [-0.4, -0.2) is 76.4 Å². The van der Waals surface area contributed by atoms with Crippen molar-refractivity contribution in [1.29, 1.82) is 0 Å². The number of carboxylic acids is 1. The zero-order chi connectivity index (χ0) is 22.1. The van der Waals surface area contributed by atoms with Gasteiger partial charge in [-0.1, -0.05) is 59.6 Å². The van der Waals surface area contributed by atoms with Gasteiger partial charge in [-0.25, -0.2) is 9.80 Å². The molecule has 0 bridgehead atoms. The molecule has 11 heteroatoms. The fourth-order valence-corrected chi connectivity index (χ4v) is 2.78. The van der Waals surface area contributed by atoms with E-state index in [0.717, 1.165) is 10.0 Å². The van der Waals surface area contributed by atoms with E-state index in [9.17, 15) is 19.2 Å². The van der Waals surface area contributed by atoms with Gasteiger partial charge in [0.15, 0.2) is 0 Å². The molecule has 4 amide bonds. The first-order valence-electron chi connectivity index (χ1n) is 8.55. The molecule has 0 saturated heterocycles. The van der Waals surface area contributed by atoms with E-state index in [0.29, 0.717) is 0 Å². The highest BCUT2D eigenvalue weighted by molar-refractivity contribution is 9.09. The summed E-state index contributed by atoms with van der Waals surface area (Å²) < 4.78 is 5.66. The average molecular weight is 531 g/mol. The minimum absolute atomic E-state index is 0.0122. The van der Waals surface area contributed by atoms with Crippen molar-refractivity contribution in [2.24, 2.45) is 10.8 Å². The Labute approximate surface area is 182 Å². The molecule has 0 aromatic carbocycles. The van der Waals surface area contributed by atoms with Gasteiger partial charge in [0.05, 0.1) is 30.3 Å². The van der Waals surface area contributed by atoms with Crippen molar-refractivity contribution in [3.05, 3.63) is 0 Å². The van der Waals surface area contributed by atoms with Crippen LogP contribution in [0, 0.1) is 10.8 Å². The van der Waals surface area contributed by atoms with Crippen LogP contribution in [0.3, 0.4) is 0 Å². The van der Waals surface area contributed by atoms with E-state index in [2.05, 4.69) is 37.2 Å². The monoisotopic (exact) mass is 529 g/mol. The van der Waals surface area contributed by atoms with Gasteiger partial charge in [-0.3, -0.25) is 14.4 Å². The first-order valence-corrected chi connectivity index (χ1v) is 10.8. The van der Waals surface area contributed by atoms with E-state index in [4.69, 9.17) is 9.84 Å². The first kappa shape index (κ1) is 26.8. The molecule has 0 saturated carbocycles. The van der Waals surface area contributed by atoms with E-state index >= 15 is 0 Å². The topological polar surface area (TPSA) is 116 Å². The minimum atomic E-state index is -0.890. The summed E-state index contributed by atoms with van der Waals surface area (Å²) in [6, 6.07) is -0.722. The summed E-state index contributed by atoms with van der Waals surface area (Å²) >= 11 is 6.01. The van der Waals surface area contributed by atoms with Gasteiger partial charge in [0.1, 0.15) is 0 Å². The lowest BCUT2D eigenvalue weighted by Crippen LogP contribution is -2.56. The number of imide groups is 1. The van der Waals surface area contributed by atoms with Crippen LogP contribution in [0.4, 0.5) is 4.79 Å². The Morgan fingerprint density at radius 2 is 1.46 bits per heavy atom. The summed E-state index contributed by atoms with van der Waals surface area (Å²) in [5.74, 6) is -1.93. The molecule has 9 nitrogen and oxygen atoms in total. The Hall–Kier alpha value is -1.20. The van der Waals surface area contributed by atoms with E-state index in [-0.39, 0.29) is 36.8 Å². The summed E-state index contributed by atoms with van der Waals surface area (Å²) in [6.45, 7) is 8.05. The number of rotatable bonds is 10. The Morgan fingerprint density at radius 1 is 0.964 bits per heavy atom. The molecule has 2 N–H and O–H groups in total. The van der Waals surface area contributed by atoms with Crippen molar-refractivity contribution in [1.82, 2.24) is 15.3 Å². The van der Waals surface area contributed by atoms with E-state index < -0.39 is 34.6 Å². The number of aliphatic carboxylic acids is 1. The number of urea groups is 1. The second-order valence-electron chi connectivity index (χ2n) is 7.94. The van der Waals surface area contributed by atoms with E-state index in [1.165, 1.54) is 7.05 Å². The summed E-state index contributed by atoms with van der Waals surface area (Å²) in [5.41, 5.74) is -0.987. The van der Waals surface area contributed by atoms with Crippen molar-refractivity contribution in [2.75, 3.05) is 37.5 Å². The number of carboxylic acid groups (broad SMARTS) is 1. The third kappa shape index (κ3) is 9.83. The highest BCUT2D eigenvalue weighted by Crippen LogP contribution is 2.22. The molecular formula is C17H29Br2N3O6. The van der Waals surface area contributed by atoms with Crippen LogP contribution in [0.1, 0.15) is 34.1 Å². The fourth-order valence-electron chi connectivity index (χ4n) is 2.18. The maximum atomic E-state index is 12.5. The molecule has 0 aliphatic carbocycles. The molecule has 0 fully saturated rings. The largest absolute Gasteiger partial charge is 0.481 e. The predicted molar refractivity (Wildman–Crippen MR) is 111 cm³/mol. The van der Waals surface area contributed by atoms with Gasteiger partial charge in [-0.15, -0.1) is 0 Å². The van der Waals surface area contributed by atoms with Crippen LogP contribution >= 0.6 is 31.9 Å². The van der Waals surface area contributed by atoms with Gasteiger partial charge in [-0.05, 0) is 5.41 Å². The maximum absolute atomic E-state index is 12.5. The maximum Gasteiger partial charge on any atom is 0.343 e. The molecule has 0 radical (unpaired) electrons. The molecule has 0 heterocycles. The third-order valence-corrected chi connectivity index (χ3v) is 4.61. The molecule has 0 unspecified atom stereocenters. The van der Waals surface area contributed by atoms with E-state index in [1.54, 1.807) is 13.8 Å². The van der Waals surface area contributed by atoms with Crippen molar-refractivity contribution in [3.8, 4) is 0 Å². The fraction of sp³-hybridized carbons (Fsp3) is 0.765. The van der Waals surface area contributed by atoms with Crippen LogP contribution in [-0.2, 0) is 19.1 Å². The minimum Gasteiger partial charge on any atom is -0.481 e. The number of ether oxygens (including phenoxy) is 1. The zero-order valence-corrected chi connectivity index (χ0v) is 20.1. The second-order valence-corrected chi connectivity index (χ2v) is 9.06. The van der Waals surface area contributed by atoms with Crippen molar-refractivity contribution < 1.29 is 29.0 Å². The van der Waals surface area contributed by atoms with Crippen LogP contribution in [0.25, 0.3) is 0 Å². The molecule has 0 aliphatic heterocycles. The Morgan fingerprint density at radius 3 is 1.93 bits per heavy atom. The Kier molecular flexibility index (Phi) is 11.2. The Balaban J connectivity index is 4.79. The lowest BCUT2D eigenvalue weighted by molar-refractivity contribution is -0.151. The summed E-state index contributed by atoms with van der Waals surface area (Å²) in [7, 11) is 1.34. The summed E-state index contributed by atoms with van der Waals surface area (Å²) in [5, 5.41) is 13.1. The van der Waals surface area contributed by atoms with Crippen molar-refractivity contribution in [3.63, 3.8) is 0 Å². The van der Waals surface area contributed by atoms with Crippen LogP contribution in [0.15, 0.2) is 0 Å². The molecule has 0 aromatic rings. The number of hydrogen-bond acceptors (Lipinski definition) is 5. The van der Waals surface area contributed by atoms with Gasteiger partial charge in [0, 0.05) is 19.0 Å². The lowest BCUT2D eigenvalue weighted by atomic mass is 9.90. The smallest absolute Gasteiger partial charge is 0.343 e. The number of carbonyl (C=O) groups is 4. The second kappa shape index (κ2) is 11.7. The lowest BCUT2D eigenvalue weighted by Gasteiger charge is -2.32. The van der Waals surface area contributed by atoms with Gasteiger partial charge in [0.25, 0.3) is 11.8 Å². The molecule has 28 heavy (non-hydrogen) atoms. The average Bonchev–Trinajstić information content (AvgIpc) is 2.57. The highest BCUT2D eigenvalue weighted by atomic mass is 79.9. The summed E-state index contributed by atoms with van der Waals surface area (Å²) in [6.07, 6.45) is -0.0122. The van der Waals surface area contributed by atoms with Crippen LogP contribution < -0.4 is 5.32 Å². The van der Waals surface area contributed by atoms with Gasteiger partial charge < -0.3 is 15.2 Å². The normalized spacial score (nSPS) is 11.7. The number of amides is 4. The van der Waals surface area contributed by atoms with Gasteiger partial charge >= 0.3 is 12.0 Å². The van der Waals surface area contributed by atoms with Crippen LogP contribution in [0.5, 0.6) is 0 Å². The number of nitrogens with one attached hydrogen (secondary N) is 1. The highest BCUT2D eigenvalue weighted by Gasteiger charge is 2.30. The van der Waals surface area contributed by atoms with Gasteiger partial charge in [0.2, 0.25) is 0 Å². The molecule has 0 rings (SSSR count).